The maximum atomic E-state index is 13.1. The number of carbonyl (C=O) groups excluding carboxylic acids is 4. The van der Waals surface area contributed by atoms with Gasteiger partial charge in [0.1, 0.15) is 5.75 Å². The molecule has 3 aromatic carbocycles. The first-order chi connectivity index (χ1) is 13.0. The van der Waals surface area contributed by atoms with Crippen molar-refractivity contribution in [1.82, 2.24) is 5.32 Å². The molecule has 0 fully saturated rings. The van der Waals surface area contributed by atoms with E-state index >= 15 is 0 Å². The molecule has 2 aliphatic rings. The number of amides is 4. The molecule has 2 aliphatic heterocycles. The van der Waals surface area contributed by atoms with E-state index in [2.05, 4.69) is 5.32 Å². The summed E-state index contributed by atoms with van der Waals surface area (Å²) in [5.74, 6) is -2.37. The summed E-state index contributed by atoms with van der Waals surface area (Å²) in [7, 11) is 0. The smallest absolute Gasteiger partial charge is 0.265 e. The van der Waals surface area contributed by atoms with Crippen LogP contribution >= 0.6 is 0 Å². The van der Waals surface area contributed by atoms with Crippen molar-refractivity contribution in [3.05, 3.63) is 70.8 Å². The highest BCUT2D eigenvalue weighted by atomic mass is 16.3. The first-order valence-corrected chi connectivity index (χ1v) is 8.10. The molecule has 3 aromatic rings. The minimum absolute atomic E-state index is 0.0774. The van der Waals surface area contributed by atoms with Crippen LogP contribution in [0.2, 0.25) is 0 Å². The molecule has 0 spiro atoms. The van der Waals surface area contributed by atoms with E-state index in [0.29, 0.717) is 10.8 Å². The van der Waals surface area contributed by atoms with Crippen LogP contribution < -0.4 is 10.2 Å². The third-order valence-electron chi connectivity index (χ3n) is 4.83. The zero-order chi connectivity index (χ0) is 18.9. The Hall–Kier alpha value is -4.00. The molecule has 4 amide bonds. The molecule has 7 nitrogen and oxygen atoms in total. The molecule has 0 bridgehead atoms. The highest BCUT2D eigenvalue weighted by Crippen LogP contribution is 2.37. The molecular weight excluding hydrogens is 348 g/mol. The van der Waals surface area contributed by atoms with Gasteiger partial charge in [-0.05, 0) is 36.4 Å². The molecule has 0 saturated heterocycles. The van der Waals surface area contributed by atoms with E-state index in [1.165, 1.54) is 42.5 Å². The van der Waals surface area contributed by atoms with Gasteiger partial charge in [-0.1, -0.05) is 6.07 Å². The predicted molar refractivity (Wildman–Crippen MR) is 95.0 cm³/mol. The van der Waals surface area contributed by atoms with Crippen LogP contribution in [0.3, 0.4) is 0 Å². The fourth-order valence-corrected chi connectivity index (χ4v) is 3.67. The van der Waals surface area contributed by atoms with Gasteiger partial charge in [-0.3, -0.25) is 24.5 Å². The quantitative estimate of drug-likeness (QED) is 0.649. The summed E-state index contributed by atoms with van der Waals surface area (Å²) in [4.78, 5) is 51.4. The highest BCUT2D eigenvalue weighted by molar-refractivity contribution is 6.39. The number of carbonyl (C=O) groups is 4. The van der Waals surface area contributed by atoms with Crippen LogP contribution in [0.5, 0.6) is 5.75 Å². The Bertz CT molecular complexity index is 1180. The van der Waals surface area contributed by atoms with E-state index in [9.17, 15) is 24.3 Å². The molecule has 0 atom stereocenters. The highest BCUT2D eigenvalue weighted by Gasteiger charge is 2.37. The Balaban J connectivity index is 1.83. The van der Waals surface area contributed by atoms with E-state index < -0.39 is 23.6 Å². The Morgan fingerprint density at radius 2 is 1.22 bits per heavy atom. The third-order valence-corrected chi connectivity index (χ3v) is 4.83. The van der Waals surface area contributed by atoms with E-state index in [4.69, 9.17) is 0 Å². The Morgan fingerprint density at radius 1 is 0.704 bits per heavy atom. The number of aromatic hydroxyl groups is 1. The van der Waals surface area contributed by atoms with Gasteiger partial charge in [0.05, 0.1) is 5.69 Å². The topological polar surface area (TPSA) is 104 Å². The number of benzene rings is 3. The van der Waals surface area contributed by atoms with E-state index in [-0.39, 0.29) is 33.7 Å². The van der Waals surface area contributed by atoms with Crippen molar-refractivity contribution in [3.63, 3.8) is 0 Å². The number of hydrogen-bond acceptors (Lipinski definition) is 5. The SMILES string of the molecule is O=C1NC(=O)c2ccc3c4c(ccc1c24)C(=O)N(c1cccc(O)c1)C3=O. The molecule has 0 saturated carbocycles. The summed E-state index contributed by atoms with van der Waals surface area (Å²) < 4.78 is 0. The maximum Gasteiger partial charge on any atom is 0.265 e. The van der Waals surface area contributed by atoms with Gasteiger partial charge in [0, 0.05) is 39.1 Å². The minimum Gasteiger partial charge on any atom is -0.508 e. The van der Waals surface area contributed by atoms with Gasteiger partial charge < -0.3 is 5.11 Å². The molecule has 0 unspecified atom stereocenters. The first kappa shape index (κ1) is 15.3. The number of phenolic OH excluding ortho intramolecular Hbond substituents is 1. The summed E-state index contributed by atoms with van der Waals surface area (Å²) >= 11 is 0. The summed E-state index contributed by atoms with van der Waals surface area (Å²) in [5, 5.41) is 12.6. The fourth-order valence-electron chi connectivity index (χ4n) is 3.67. The van der Waals surface area contributed by atoms with Crippen LogP contribution in [-0.4, -0.2) is 28.7 Å². The second-order valence-electron chi connectivity index (χ2n) is 6.32. The molecule has 0 aromatic heterocycles. The molecule has 27 heavy (non-hydrogen) atoms. The van der Waals surface area contributed by atoms with Gasteiger partial charge in [-0.2, -0.15) is 0 Å². The van der Waals surface area contributed by atoms with E-state index in [1.54, 1.807) is 6.07 Å². The number of nitrogens with zero attached hydrogens (tertiary/aromatic N) is 1. The van der Waals surface area contributed by atoms with Crippen molar-refractivity contribution in [2.45, 2.75) is 0 Å². The van der Waals surface area contributed by atoms with Crippen molar-refractivity contribution in [2.75, 3.05) is 4.90 Å². The zero-order valence-corrected chi connectivity index (χ0v) is 13.6. The largest absolute Gasteiger partial charge is 0.508 e. The zero-order valence-electron chi connectivity index (χ0n) is 13.6. The van der Waals surface area contributed by atoms with Gasteiger partial charge in [0.15, 0.2) is 0 Å². The monoisotopic (exact) mass is 358 g/mol. The summed E-state index contributed by atoms with van der Waals surface area (Å²) in [6.45, 7) is 0. The average molecular weight is 358 g/mol. The van der Waals surface area contributed by atoms with Crippen LogP contribution in [-0.2, 0) is 0 Å². The van der Waals surface area contributed by atoms with Gasteiger partial charge in [-0.15, -0.1) is 0 Å². The molecule has 0 aliphatic carbocycles. The lowest BCUT2D eigenvalue weighted by atomic mass is 9.86. The van der Waals surface area contributed by atoms with Crippen molar-refractivity contribution in [1.29, 1.82) is 0 Å². The molecule has 2 N–H and O–H groups in total. The number of nitrogens with one attached hydrogen (secondary N) is 1. The van der Waals surface area contributed by atoms with Crippen molar-refractivity contribution in [2.24, 2.45) is 0 Å². The van der Waals surface area contributed by atoms with Crippen molar-refractivity contribution < 1.29 is 24.3 Å². The van der Waals surface area contributed by atoms with Crippen LogP contribution in [0.25, 0.3) is 10.8 Å². The van der Waals surface area contributed by atoms with Gasteiger partial charge in [0.25, 0.3) is 23.6 Å². The third kappa shape index (κ3) is 1.90. The van der Waals surface area contributed by atoms with Crippen molar-refractivity contribution in [3.8, 4) is 5.75 Å². The Morgan fingerprint density at radius 3 is 1.78 bits per heavy atom. The van der Waals surface area contributed by atoms with Crippen LogP contribution in [0.4, 0.5) is 5.69 Å². The van der Waals surface area contributed by atoms with E-state index in [1.807, 2.05) is 0 Å². The average Bonchev–Trinajstić information content (AvgIpc) is 2.64. The first-order valence-electron chi connectivity index (χ1n) is 8.10. The molecule has 0 radical (unpaired) electrons. The molecule has 7 heteroatoms. The molecular formula is C20H10N2O5. The normalized spacial score (nSPS) is 15.3. The van der Waals surface area contributed by atoms with Gasteiger partial charge in [-0.25, -0.2) is 4.90 Å². The number of phenols is 1. The predicted octanol–water partition coefficient (Wildman–Crippen LogP) is 2.23. The number of anilines is 1. The summed E-state index contributed by atoms with van der Waals surface area (Å²) in [6, 6.07) is 11.7. The second kappa shape index (κ2) is 5.01. The number of hydrogen-bond donors (Lipinski definition) is 2. The number of imide groups is 2. The minimum atomic E-state index is -0.583. The molecule has 5 rings (SSSR count). The van der Waals surface area contributed by atoms with Crippen LogP contribution in [0, 0.1) is 0 Å². The van der Waals surface area contributed by atoms with Crippen LogP contribution in [0.15, 0.2) is 48.5 Å². The lowest BCUT2D eigenvalue weighted by Crippen LogP contribution is -2.42. The summed E-state index contributed by atoms with van der Waals surface area (Å²) in [5.41, 5.74) is 1.16. The van der Waals surface area contributed by atoms with Crippen molar-refractivity contribution >= 4 is 40.1 Å². The lowest BCUT2D eigenvalue weighted by Gasteiger charge is -2.29. The Kier molecular flexibility index (Phi) is 2.83. The maximum absolute atomic E-state index is 13.1. The fraction of sp³-hybridized carbons (Fsp3) is 0. The second-order valence-corrected chi connectivity index (χ2v) is 6.32. The molecule has 130 valence electrons. The van der Waals surface area contributed by atoms with Gasteiger partial charge in [0.2, 0.25) is 0 Å². The standard InChI is InChI=1S/C20H10N2O5/c23-10-3-1-2-9(8-10)22-19(26)13-6-4-11-15-12(18(25)21-17(11)24)5-7-14(16(13)15)20(22)27/h1-8,23H,(H,21,24,25). The number of rotatable bonds is 1. The van der Waals surface area contributed by atoms with Crippen LogP contribution in [0.1, 0.15) is 41.4 Å². The lowest BCUT2D eigenvalue weighted by molar-refractivity contribution is 0.0837. The van der Waals surface area contributed by atoms with Gasteiger partial charge >= 0.3 is 0 Å². The summed E-state index contributed by atoms with van der Waals surface area (Å²) in [6.07, 6.45) is 0. The van der Waals surface area contributed by atoms with E-state index in [0.717, 1.165) is 4.90 Å². The molecule has 2 heterocycles. The Labute approximate surface area is 151 Å².